The highest BCUT2D eigenvalue weighted by Crippen LogP contribution is 2.23. The van der Waals surface area contributed by atoms with Crippen molar-refractivity contribution in [3.05, 3.63) is 33.9 Å². The topological polar surface area (TPSA) is 118 Å². The van der Waals surface area contributed by atoms with E-state index in [0.717, 1.165) is 18.2 Å². The zero-order valence-corrected chi connectivity index (χ0v) is 11.8. The number of ketones is 1. The van der Waals surface area contributed by atoms with Crippen LogP contribution < -0.4 is 10.6 Å². The number of rotatable bonds is 6. The van der Waals surface area contributed by atoms with Crippen molar-refractivity contribution in [2.45, 2.75) is 0 Å². The molecule has 1 aromatic carbocycles. The highest BCUT2D eigenvalue weighted by atomic mass is 35.5. The Morgan fingerprint density at radius 1 is 1.36 bits per heavy atom. The highest BCUT2D eigenvalue weighted by molar-refractivity contribution is 6.44. The van der Waals surface area contributed by atoms with Gasteiger partial charge in [0.05, 0.1) is 22.7 Å². The molecule has 9 heteroatoms. The molecule has 0 fully saturated rings. The molecule has 0 aliphatic rings. The number of Topliss-reactive ketones (excluding diaryl/α,β-unsaturated/α-hetero) is 1. The van der Waals surface area contributed by atoms with Gasteiger partial charge in [-0.3, -0.25) is 24.5 Å². The summed E-state index contributed by atoms with van der Waals surface area (Å²) in [6.45, 7) is -0.178. The van der Waals surface area contributed by atoms with Gasteiger partial charge in [0.2, 0.25) is 5.91 Å². The van der Waals surface area contributed by atoms with Crippen LogP contribution in [0.25, 0.3) is 0 Å². The van der Waals surface area contributed by atoms with Crippen molar-refractivity contribution in [3.8, 4) is 12.3 Å². The Morgan fingerprint density at radius 3 is 2.59 bits per heavy atom. The van der Waals surface area contributed by atoms with E-state index in [9.17, 15) is 24.5 Å². The summed E-state index contributed by atoms with van der Waals surface area (Å²) in [5, 5.41) is 15.2. The molecular weight excluding hydrogens is 314 g/mol. The number of nitrogens with one attached hydrogen (secondary N) is 2. The van der Waals surface area contributed by atoms with E-state index in [1.54, 1.807) is 0 Å². The minimum Gasteiger partial charge on any atom is -0.338 e. The summed E-state index contributed by atoms with van der Waals surface area (Å²) in [5.41, 5.74) is -0.795. The molecule has 0 atom stereocenters. The number of anilines is 1. The normalized spacial score (nSPS) is 9.45. The first-order valence-corrected chi connectivity index (χ1v) is 6.34. The van der Waals surface area contributed by atoms with Crippen LogP contribution in [0.3, 0.4) is 0 Å². The number of benzene rings is 1. The SMILES string of the molecule is C#CCNC(=O)C(=O)c1cc([N+](=O)[O-])ccc1NC(=O)CCl. The Labute approximate surface area is 130 Å². The van der Waals surface area contributed by atoms with Crippen molar-refractivity contribution in [2.75, 3.05) is 17.7 Å². The molecule has 0 bridgehead atoms. The number of carbonyl (C=O) groups excluding carboxylic acids is 3. The molecule has 0 saturated carbocycles. The van der Waals surface area contributed by atoms with Gasteiger partial charge in [-0.2, -0.15) is 0 Å². The Morgan fingerprint density at radius 2 is 2.05 bits per heavy atom. The van der Waals surface area contributed by atoms with Gasteiger partial charge < -0.3 is 10.6 Å². The molecule has 0 aliphatic heterocycles. The molecule has 0 saturated heterocycles. The van der Waals surface area contributed by atoms with E-state index < -0.39 is 28.2 Å². The molecule has 0 aliphatic carbocycles. The van der Waals surface area contributed by atoms with Crippen molar-refractivity contribution in [3.63, 3.8) is 0 Å². The first kappa shape index (κ1) is 17.1. The third-order valence-corrected chi connectivity index (χ3v) is 2.65. The number of hydrogen-bond donors (Lipinski definition) is 2. The maximum Gasteiger partial charge on any atom is 0.293 e. The zero-order chi connectivity index (χ0) is 16.7. The smallest absolute Gasteiger partial charge is 0.293 e. The molecule has 0 heterocycles. The molecule has 0 spiro atoms. The fourth-order valence-electron chi connectivity index (χ4n) is 1.46. The highest BCUT2D eigenvalue weighted by Gasteiger charge is 2.23. The van der Waals surface area contributed by atoms with Crippen molar-refractivity contribution >= 4 is 40.6 Å². The van der Waals surface area contributed by atoms with Gasteiger partial charge in [0.1, 0.15) is 5.88 Å². The van der Waals surface area contributed by atoms with Gasteiger partial charge in [0.25, 0.3) is 17.4 Å². The van der Waals surface area contributed by atoms with Crippen LogP contribution in [0.1, 0.15) is 10.4 Å². The van der Waals surface area contributed by atoms with E-state index in [-0.39, 0.29) is 23.7 Å². The largest absolute Gasteiger partial charge is 0.338 e. The molecule has 0 aromatic heterocycles. The van der Waals surface area contributed by atoms with Crippen LogP contribution in [0.15, 0.2) is 18.2 Å². The summed E-state index contributed by atoms with van der Waals surface area (Å²) in [6.07, 6.45) is 4.96. The molecule has 2 N–H and O–H groups in total. The number of amides is 2. The van der Waals surface area contributed by atoms with Gasteiger partial charge in [0, 0.05) is 12.1 Å². The number of nitro benzene ring substituents is 1. The molecule has 0 unspecified atom stereocenters. The first-order valence-electron chi connectivity index (χ1n) is 5.81. The minimum atomic E-state index is -1.07. The lowest BCUT2D eigenvalue weighted by Crippen LogP contribution is -2.32. The van der Waals surface area contributed by atoms with Crippen LogP contribution in [0.2, 0.25) is 0 Å². The number of halogens is 1. The van der Waals surface area contributed by atoms with E-state index >= 15 is 0 Å². The Balaban J connectivity index is 3.21. The summed E-state index contributed by atoms with van der Waals surface area (Å²) in [4.78, 5) is 45.0. The van der Waals surface area contributed by atoms with E-state index in [1.807, 2.05) is 0 Å². The van der Waals surface area contributed by atoms with Gasteiger partial charge in [-0.05, 0) is 6.07 Å². The number of nitrogens with zero attached hydrogens (tertiary/aromatic N) is 1. The van der Waals surface area contributed by atoms with Crippen molar-refractivity contribution in [1.29, 1.82) is 0 Å². The maximum absolute atomic E-state index is 12.0. The second-order valence-corrected chi connectivity index (χ2v) is 4.15. The second kappa shape index (κ2) is 7.75. The molecular formula is C13H10ClN3O5. The van der Waals surface area contributed by atoms with Gasteiger partial charge in [-0.1, -0.05) is 5.92 Å². The number of non-ortho nitro benzene ring substituents is 1. The summed E-state index contributed by atoms with van der Waals surface area (Å²) in [6, 6.07) is 3.12. The van der Waals surface area contributed by atoms with Crippen molar-refractivity contribution in [1.82, 2.24) is 5.32 Å². The molecule has 2 amide bonds. The maximum atomic E-state index is 12.0. The number of terminal acetylenes is 1. The van der Waals surface area contributed by atoms with Crippen LogP contribution in [0.5, 0.6) is 0 Å². The molecule has 1 rings (SSSR count). The number of alkyl halides is 1. The fourth-order valence-corrected chi connectivity index (χ4v) is 1.53. The lowest BCUT2D eigenvalue weighted by molar-refractivity contribution is -0.384. The Hall–Kier alpha value is -2.92. The molecule has 1 aromatic rings. The van der Waals surface area contributed by atoms with E-state index in [4.69, 9.17) is 18.0 Å². The average Bonchev–Trinajstić information content (AvgIpc) is 2.51. The van der Waals surface area contributed by atoms with E-state index in [0.29, 0.717) is 0 Å². The van der Waals surface area contributed by atoms with Gasteiger partial charge in [0.15, 0.2) is 0 Å². The van der Waals surface area contributed by atoms with Gasteiger partial charge >= 0.3 is 0 Å². The van der Waals surface area contributed by atoms with E-state index in [2.05, 4.69) is 16.6 Å². The summed E-state index contributed by atoms with van der Waals surface area (Å²) in [7, 11) is 0. The van der Waals surface area contributed by atoms with Crippen LogP contribution >= 0.6 is 11.6 Å². The monoisotopic (exact) mass is 323 g/mol. The summed E-state index contributed by atoms with van der Waals surface area (Å²) in [5.74, 6) is -1.01. The lowest BCUT2D eigenvalue weighted by atomic mass is 10.1. The fraction of sp³-hybridized carbons (Fsp3) is 0.154. The quantitative estimate of drug-likeness (QED) is 0.199. The number of hydrogen-bond acceptors (Lipinski definition) is 5. The summed E-state index contributed by atoms with van der Waals surface area (Å²) >= 11 is 5.34. The predicted octanol–water partition coefficient (Wildman–Crippen LogP) is 0.704. The zero-order valence-electron chi connectivity index (χ0n) is 11.1. The number of nitro groups is 1. The molecule has 8 nitrogen and oxygen atoms in total. The van der Waals surface area contributed by atoms with Crippen LogP contribution in [0, 0.1) is 22.5 Å². The van der Waals surface area contributed by atoms with Crippen molar-refractivity contribution in [2.24, 2.45) is 0 Å². The Bertz CT molecular complexity index is 681. The summed E-state index contributed by atoms with van der Waals surface area (Å²) < 4.78 is 0. The third kappa shape index (κ3) is 4.29. The molecule has 22 heavy (non-hydrogen) atoms. The van der Waals surface area contributed by atoms with Crippen LogP contribution in [-0.4, -0.2) is 34.9 Å². The lowest BCUT2D eigenvalue weighted by Gasteiger charge is -2.09. The molecule has 114 valence electrons. The van der Waals surface area contributed by atoms with Crippen LogP contribution in [-0.2, 0) is 9.59 Å². The first-order chi connectivity index (χ1) is 10.4. The van der Waals surface area contributed by atoms with E-state index in [1.165, 1.54) is 0 Å². The predicted molar refractivity (Wildman–Crippen MR) is 78.6 cm³/mol. The van der Waals surface area contributed by atoms with Crippen molar-refractivity contribution < 1.29 is 19.3 Å². The number of carbonyl (C=O) groups is 3. The molecule has 0 radical (unpaired) electrons. The average molecular weight is 324 g/mol. The van der Waals surface area contributed by atoms with Crippen LogP contribution in [0.4, 0.5) is 11.4 Å². The minimum absolute atomic E-state index is 0.0582. The van der Waals surface area contributed by atoms with Gasteiger partial charge in [-0.25, -0.2) is 0 Å². The second-order valence-electron chi connectivity index (χ2n) is 3.88. The third-order valence-electron chi connectivity index (χ3n) is 2.41. The van der Waals surface area contributed by atoms with Gasteiger partial charge in [-0.15, -0.1) is 18.0 Å². The Kier molecular flexibility index (Phi) is 6.04. The standard InChI is InChI=1S/C13H10ClN3O5/c1-2-5-15-13(20)12(19)9-6-8(17(21)22)3-4-10(9)16-11(18)7-14/h1,3-4,6H,5,7H2,(H,15,20)(H,16,18).